The molecule has 0 unspecified atom stereocenters. The van der Waals surface area contributed by atoms with Gasteiger partial charge in [-0.05, 0) is 35.9 Å². The van der Waals surface area contributed by atoms with Crippen molar-refractivity contribution < 1.29 is 13.9 Å². The summed E-state index contributed by atoms with van der Waals surface area (Å²) in [4.78, 5) is 15.6. The number of carbonyl (C=O) groups is 1. The van der Waals surface area contributed by atoms with Crippen LogP contribution < -0.4 is 0 Å². The average Bonchev–Trinajstić information content (AvgIpc) is 3.09. The zero-order chi connectivity index (χ0) is 15.9. The average molecular weight is 307 g/mol. The first-order chi connectivity index (χ1) is 11.3. The maximum absolute atomic E-state index is 11.7. The van der Waals surface area contributed by atoms with E-state index in [1.807, 2.05) is 30.3 Å². The van der Waals surface area contributed by atoms with Crippen molar-refractivity contribution in [2.45, 2.75) is 6.61 Å². The lowest BCUT2D eigenvalue weighted by molar-refractivity contribution is -0.139. The highest BCUT2D eigenvalue weighted by atomic mass is 16.5. The van der Waals surface area contributed by atoms with Crippen LogP contribution in [0.1, 0.15) is 11.5 Å². The van der Waals surface area contributed by atoms with Gasteiger partial charge in [0, 0.05) is 24.0 Å². The number of hydrogen-bond donors (Lipinski definition) is 0. The molecule has 0 spiro atoms. The van der Waals surface area contributed by atoms with Crippen molar-refractivity contribution >= 4 is 12.0 Å². The van der Waals surface area contributed by atoms with E-state index in [2.05, 4.69) is 15.2 Å². The number of carbonyl (C=O) groups excluding carboxylic acids is 1. The molecule has 0 fully saturated rings. The van der Waals surface area contributed by atoms with Crippen molar-refractivity contribution in [3.63, 3.8) is 0 Å². The van der Waals surface area contributed by atoms with Crippen LogP contribution in [0.4, 0.5) is 0 Å². The molecule has 3 rings (SSSR count). The van der Waals surface area contributed by atoms with Gasteiger partial charge in [0.25, 0.3) is 5.89 Å². The van der Waals surface area contributed by atoms with Crippen LogP contribution in [0.3, 0.4) is 0 Å². The van der Waals surface area contributed by atoms with Crippen LogP contribution in [-0.2, 0) is 16.1 Å². The molecule has 0 atom stereocenters. The summed E-state index contributed by atoms with van der Waals surface area (Å²) in [6.07, 6.45) is 6.28. The molecule has 6 heteroatoms. The Bertz CT molecular complexity index is 798. The van der Waals surface area contributed by atoms with Crippen molar-refractivity contribution in [3.8, 4) is 11.5 Å². The molecule has 0 saturated heterocycles. The molecule has 2 heterocycles. The predicted molar refractivity (Wildman–Crippen MR) is 82.8 cm³/mol. The minimum Gasteiger partial charge on any atom is -0.452 e. The van der Waals surface area contributed by atoms with Gasteiger partial charge < -0.3 is 9.15 Å². The van der Waals surface area contributed by atoms with Gasteiger partial charge in [0.2, 0.25) is 5.89 Å². The van der Waals surface area contributed by atoms with Crippen molar-refractivity contribution in [2.75, 3.05) is 0 Å². The molecule has 0 bridgehead atoms. The van der Waals surface area contributed by atoms with Crippen LogP contribution in [0.25, 0.3) is 17.5 Å². The fourth-order valence-electron chi connectivity index (χ4n) is 1.83. The van der Waals surface area contributed by atoms with Crippen molar-refractivity contribution in [1.29, 1.82) is 0 Å². The van der Waals surface area contributed by atoms with Crippen molar-refractivity contribution in [3.05, 3.63) is 72.4 Å². The number of nitrogens with zero attached hydrogens (tertiary/aromatic N) is 3. The molecule has 0 aliphatic heterocycles. The summed E-state index contributed by atoms with van der Waals surface area (Å²) >= 11 is 0. The molecule has 2 aromatic heterocycles. The summed E-state index contributed by atoms with van der Waals surface area (Å²) in [5.74, 6) is 0.153. The van der Waals surface area contributed by atoms with Gasteiger partial charge in [-0.2, -0.15) is 0 Å². The SMILES string of the molecule is O=C(C=Cc1ccncc1)OCc1nnc(-c2ccccc2)o1. The van der Waals surface area contributed by atoms with Gasteiger partial charge in [-0.1, -0.05) is 18.2 Å². The van der Waals surface area contributed by atoms with Crippen LogP contribution in [0.5, 0.6) is 0 Å². The van der Waals surface area contributed by atoms with Crippen LogP contribution in [-0.4, -0.2) is 21.2 Å². The Balaban J connectivity index is 1.55. The minimum absolute atomic E-state index is 0.0701. The molecular formula is C17H13N3O3. The fraction of sp³-hybridized carbons (Fsp3) is 0.0588. The third-order valence-corrected chi connectivity index (χ3v) is 2.94. The Labute approximate surface area is 132 Å². The number of aromatic nitrogens is 3. The van der Waals surface area contributed by atoms with Gasteiger partial charge in [0.1, 0.15) is 0 Å². The fourth-order valence-corrected chi connectivity index (χ4v) is 1.83. The Morgan fingerprint density at radius 3 is 2.65 bits per heavy atom. The summed E-state index contributed by atoms with van der Waals surface area (Å²) in [6, 6.07) is 13.0. The lowest BCUT2D eigenvalue weighted by Gasteiger charge is -1.97. The number of rotatable bonds is 5. The van der Waals surface area contributed by atoms with Crippen LogP contribution in [0.15, 0.2) is 65.4 Å². The van der Waals surface area contributed by atoms with E-state index in [0.717, 1.165) is 11.1 Å². The van der Waals surface area contributed by atoms with Gasteiger partial charge in [-0.3, -0.25) is 4.98 Å². The lowest BCUT2D eigenvalue weighted by atomic mass is 10.2. The lowest BCUT2D eigenvalue weighted by Crippen LogP contribution is -2.00. The molecule has 0 amide bonds. The molecule has 0 radical (unpaired) electrons. The Morgan fingerprint density at radius 1 is 1.09 bits per heavy atom. The van der Waals surface area contributed by atoms with Gasteiger partial charge in [-0.15, -0.1) is 10.2 Å². The predicted octanol–water partition coefficient (Wildman–Crippen LogP) is 2.89. The molecule has 6 nitrogen and oxygen atoms in total. The first-order valence-corrected chi connectivity index (χ1v) is 6.94. The summed E-state index contributed by atoms with van der Waals surface area (Å²) in [5.41, 5.74) is 1.68. The number of esters is 1. The first kappa shape index (κ1) is 14.6. The third-order valence-electron chi connectivity index (χ3n) is 2.94. The van der Waals surface area contributed by atoms with E-state index in [4.69, 9.17) is 9.15 Å². The number of benzene rings is 1. The molecule has 0 N–H and O–H groups in total. The van der Waals surface area contributed by atoms with Crippen LogP contribution >= 0.6 is 0 Å². The number of hydrogen-bond acceptors (Lipinski definition) is 6. The van der Waals surface area contributed by atoms with E-state index in [9.17, 15) is 4.79 Å². The summed E-state index contributed by atoms with van der Waals surface area (Å²) < 4.78 is 10.5. The van der Waals surface area contributed by atoms with E-state index in [1.165, 1.54) is 6.08 Å². The zero-order valence-electron chi connectivity index (χ0n) is 12.1. The standard InChI is InChI=1S/C17H13N3O3/c21-16(7-6-13-8-10-18-11-9-13)22-12-15-19-20-17(23-15)14-4-2-1-3-5-14/h1-11H,12H2. The quantitative estimate of drug-likeness (QED) is 0.533. The highest BCUT2D eigenvalue weighted by molar-refractivity contribution is 5.86. The van der Waals surface area contributed by atoms with Crippen LogP contribution in [0, 0.1) is 0 Å². The molecule has 3 aromatic rings. The molecule has 0 aliphatic rings. The smallest absolute Gasteiger partial charge is 0.331 e. The second-order valence-corrected chi connectivity index (χ2v) is 4.59. The van der Waals surface area contributed by atoms with E-state index in [0.29, 0.717) is 5.89 Å². The Kier molecular flexibility index (Phi) is 4.54. The highest BCUT2D eigenvalue weighted by Crippen LogP contribution is 2.17. The molecule has 23 heavy (non-hydrogen) atoms. The molecular weight excluding hydrogens is 294 g/mol. The topological polar surface area (TPSA) is 78.1 Å². The van der Waals surface area contributed by atoms with E-state index >= 15 is 0 Å². The minimum atomic E-state index is -0.485. The Hall–Kier alpha value is -3.28. The van der Waals surface area contributed by atoms with Crippen molar-refractivity contribution in [2.24, 2.45) is 0 Å². The molecule has 114 valence electrons. The second kappa shape index (κ2) is 7.13. The largest absolute Gasteiger partial charge is 0.452 e. The van der Waals surface area contributed by atoms with Gasteiger partial charge in [-0.25, -0.2) is 4.79 Å². The summed E-state index contributed by atoms with van der Waals surface area (Å²) in [5, 5.41) is 7.78. The Morgan fingerprint density at radius 2 is 1.87 bits per heavy atom. The van der Waals surface area contributed by atoms with Gasteiger partial charge >= 0.3 is 5.97 Å². The summed E-state index contributed by atoms with van der Waals surface area (Å²) in [6.45, 7) is -0.0701. The monoisotopic (exact) mass is 307 g/mol. The molecule has 0 aliphatic carbocycles. The first-order valence-electron chi connectivity index (χ1n) is 6.94. The van der Waals surface area contributed by atoms with E-state index in [1.54, 1.807) is 30.6 Å². The molecule has 1 aromatic carbocycles. The maximum atomic E-state index is 11.7. The summed E-state index contributed by atoms with van der Waals surface area (Å²) in [7, 11) is 0. The zero-order valence-corrected chi connectivity index (χ0v) is 12.1. The molecule has 0 saturated carbocycles. The second-order valence-electron chi connectivity index (χ2n) is 4.59. The normalized spacial score (nSPS) is 10.8. The number of pyridine rings is 1. The van der Waals surface area contributed by atoms with Crippen LogP contribution in [0.2, 0.25) is 0 Å². The maximum Gasteiger partial charge on any atom is 0.331 e. The van der Waals surface area contributed by atoms with Gasteiger partial charge in [0.05, 0.1) is 0 Å². The van der Waals surface area contributed by atoms with E-state index < -0.39 is 5.97 Å². The van der Waals surface area contributed by atoms with Gasteiger partial charge in [0.15, 0.2) is 6.61 Å². The van der Waals surface area contributed by atoms with Crippen molar-refractivity contribution in [1.82, 2.24) is 15.2 Å². The van der Waals surface area contributed by atoms with E-state index in [-0.39, 0.29) is 12.5 Å². The number of ether oxygens (including phenoxy) is 1. The third kappa shape index (κ3) is 4.10. The highest BCUT2D eigenvalue weighted by Gasteiger charge is 2.09.